The van der Waals surface area contributed by atoms with E-state index in [4.69, 9.17) is 0 Å². The van der Waals surface area contributed by atoms with E-state index in [1.54, 1.807) is 0 Å². The van der Waals surface area contributed by atoms with Gasteiger partial charge in [-0.2, -0.15) is 10.2 Å². The maximum atomic E-state index is 4.59. The van der Waals surface area contributed by atoms with Gasteiger partial charge in [0.15, 0.2) is 0 Å². The van der Waals surface area contributed by atoms with Gasteiger partial charge in [0, 0.05) is 15.7 Å². The van der Waals surface area contributed by atoms with Crippen molar-refractivity contribution >= 4 is 17.6 Å². The zero-order chi connectivity index (χ0) is 10.5. The fourth-order valence-corrected chi connectivity index (χ4v) is 2.25. The highest BCUT2D eigenvalue weighted by atomic mass is 15.1. The molecule has 74 valence electrons. The van der Waals surface area contributed by atoms with Crippen LogP contribution in [0.15, 0.2) is 51.6 Å². The van der Waals surface area contributed by atoms with Gasteiger partial charge in [-0.3, -0.25) is 0 Å². The quantitative estimate of drug-likeness (QED) is 0.539. The van der Waals surface area contributed by atoms with Crippen molar-refractivity contribution in [3.8, 4) is 0 Å². The Hall–Kier alpha value is -2.29. The SMILES string of the molecule is C1=c2c(ccc3c2=c2ccccc2=N3)N=N1. The molecule has 0 aromatic heterocycles. The number of nitrogens with zero attached hydrogens (tertiary/aromatic N) is 3. The minimum absolute atomic E-state index is 0.936. The fourth-order valence-electron chi connectivity index (χ4n) is 2.25. The smallest absolute Gasteiger partial charge is 0.0953 e. The molecule has 0 fully saturated rings. The molecule has 0 unspecified atom stereocenters. The Morgan fingerprint density at radius 2 is 1.75 bits per heavy atom. The van der Waals surface area contributed by atoms with Crippen LogP contribution in [0, 0.1) is 10.4 Å². The van der Waals surface area contributed by atoms with E-state index >= 15 is 0 Å². The second-order valence-corrected chi connectivity index (χ2v) is 3.87. The summed E-state index contributed by atoms with van der Waals surface area (Å²) in [5.74, 6) is 0. The van der Waals surface area contributed by atoms with Crippen LogP contribution in [0.5, 0.6) is 0 Å². The molecule has 0 atom stereocenters. The second-order valence-electron chi connectivity index (χ2n) is 3.87. The van der Waals surface area contributed by atoms with E-state index in [0.29, 0.717) is 0 Å². The summed E-state index contributed by atoms with van der Waals surface area (Å²) in [6.45, 7) is 0. The molecular formula is C13H7N3. The maximum absolute atomic E-state index is 4.59. The van der Waals surface area contributed by atoms with Crippen molar-refractivity contribution in [3.63, 3.8) is 0 Å². The molecule has 4 rings (SSSR count). The average Bonchev–Trinajstić information content (AvgIpc) is 2.91. The van der Waals surface area contributed by atoms with E-state index in [-0.39, 0.29) is 0 Å². The molecule has 3 nitrogen and oxygen atoms in total. The third-order valence-corrected chi connectivity index (χ3v) is 2.97. The molecule has 3 heteroatoms. The molecule has 2 aliphatic rings. The summed E-state index contributed by atoms with van der Waals surface area (Å²) in [4.78, 5) is 4.59. The monoisotopic (exact) mass is 205 g/mol. The molecule has 0 radical (unpaired) electrons. The van der Waals surface area contributed by atoms with Gasteiger partial charge < -0.3 is 0 Å². The van der Waals surface area contributed by atoms with E-state index in [2.05, 4.69) is 21.3 Å². The van der Waals surface area contributed by atoms with Crippen molar-refractivity contribution in [2.24, 2.45) is 15.2 Å². The first kappa shape index (κ1) is 7.93. The summed E-state index contributed by atoms with van der Waals surface area (Å²) in [7, 11) is 0. The summed E-state index contributed by atoms with van der Waals surface area (Å²) in [5.41, 5.74) is 1.95. The van der Waals surface area contributed by atoms with Crippen molar-refractivity contribution in [2.75, 3.05) is 0 Å². The lowest BCUT2D eigenvalue weighted by atomic mass is 10.1. The summed E-state index contributed by atoms with van der Waals surface area (Å²) < 4.78 is 0. The van der Waals surface area contributed by atoms with E-state index in [1.165, 1.54) is 5.22 Å². The molecule has 2 heterocycles. The molecule has 0 saturated heterocycles. The maximum Gasteiger partial charge on any atom is 0.0953 e. The van der Waals surface area contributed by atoms with Gasteiger partial charge in [-0.15, -0.1) is 0 Å². The van der Waals surface area contributed by atoms with Crippen molar-refractivity contribution in [2.45, 2.75) is 0 Å². The highest BCUT2D eigenvalue weighted by Gasteiger charge is 2.09. The van der Waals surface area contributed by atoms with Gasteiger partial charge in [0.25, 0.3) is 0 Å². The molecular weight excluding hydrogens is 198 g/mol. The van der Waals surface area contributed by atoms with Crippen LogP contribution in [0.1, 0.15) is 0 Å². The Bertz CT molecular complexity index is 848. The largest absolute Gasteiger partial charge is 0.248 e. The molecule has 2 aromatic rings. The van der Waals surface area contributed by atoms with Crippen LogP contribution >= 0.6 is 0 Å². The zero-order valence-corrected chi connectivity index (χ0v) is 8.38. The van der Waals surface area contributed by atoms with Crippen molar-refractivity contribution in [1.29, 1.82) is 0 Å². The lowest BCUT2D eigenvalue weighted by molar-refractivity contribution is 1.32. The van der Waals surface area contributed by atoms with Crippen molar-refractivity contribution in [1.82, 2.24) is 0 Å². The van der Waals surface area contributed by atoms with Crippen LogP contribution in [0.2, 0.25) is 0 Å². The molecule has 16 heavy (non-hydrogen) atoms. The van der Waals surface area contributed by atoms with Crippen LogP contribution in [0.4, 0.5) is 11.4 Å². The third-order valence-electron chi connectivity index (χ3n) is 2.97. The normalized spacial score (nSPS) is 13.8. The Morgan fingerprint density at radius 1 is 0.875 bits per heavy atom. The van der Waals surface area contributed by atoms with E-state index in [1.807, 2.05) is 36.5 Å². The molecule has 0 spiro atoms. The predicted octanol–water partition coefficient (Wildman–Crippen LogP) is 2.07. The molecule has 0 saturated carbocycles. The number of fused-ring (bicyclic) bond motifs is 4. The number of hydrogen-bond acceptors (Lipinski definition) is 3. The summed E-state index contributed by atoms with van der Waals surface area (Å²) >= 11 is 0. The Morgan fingerprint density at radius 3 is 2.75 bits per heavy atom. The van der Waals surface area contributed by atoms with Crippen LogP contribution in [-0.4, -0.2) is 0 Å². The van der Waals surface area contributed by atoms with Gasteiger partial charge in [-0.05, 0) is 18.2 Å². The fraction of sp³-hybridized carbons (Fsp3) is 0. The van der Waals surface area contributed by atoms with Gasteiger partial charge >= 0.3 is 0 Å². The van der Waals surface area contributed by atoms with Crippen molar-refractivity contribution in [3.05, 3.63) is 57.4 Å². The summed E-state index contributed by atoms with van der Waals surface area (Å²) in [5, 5.41) is 12.5. The van der Waals surface area contributed by atoms with Crippen molar-refractivity contribution < 1.29 is 0 Å². The second kappa shape index (κ2) is 2.64. The first-order valence-electron chi connectivity index (χ1n) is 5.16. The number of hydrogen-bond donors (Lipinski definition) is 0. The lowest BCUT2D eigenvalue weighted by Crippen LogP contribution is -2.03. The highest BCUT2D eigenvalue weighted by molar-refractivity contribution is 5.57. The first-order chi connectivity index (χ1) is 7.93. The van der Waals surface area contributed by atoms with Crippen LogP contribution in [-0.2, 0) is 0 Å². The Labute approximate surface area is 90.8 Å². The molecule has 2 aromatic carbocycles. The topological polar surface area (TPSA) is 37.1 Å². The van der Waals surface area contributed by atoms with Gasteiger partial charge in [0.05, 0.1) is 22.9 Å². The standard InChI is InChI=1S/C13H7N3/c1-2-4-10-8(3-1)13-9-7-14-16-11(9)5-6-12(13)15-10/h1-7H. The van der Waals surface area contributed by atoms with Crippen LogP contribution in [0.3, 0.4) is 0 Å². The van der Waals surface area contributed by atoms with Crippen LogP contribution < -0.4 is 10.6 Å². The third kappa shape index (κ3) is 0.852. The van der Waals surface area contributed by atoms with Gasteiger partial charge in [-0.1, -0.05) is 18.2 Å². The number of rotatable bonds is 0. The van der Waals surface area contributed by atoms with E-state index in [0.717, 1.165) is 27.2 Å². The lowest BCUT2D eigenvalue weighted by Gasteiger charge is -1.92. The number of azo groups is 1. The molecule has 0 amide bonds. The predicted molar refractivity (Wildman–Crippen MR) is 60.0 cm³/mol. The van der Waals surface area contributed by atoms with Gasteiger partial charge in [-0.25, -0.2) is 4.99 Å². The minimum Gasteiger partial charge on any atom is -0.248 e. The summed E-state index contributed by atoms with van der Waals surface area (Å²) in [6.07, 6.45) is 1.81. The Balaban J connectivity index is 2.43. The van der Waals surface area contributed by atoms with Gasteiger partial charge in [0.2, 0.25) is 0 Å². The molecule has 2 aliphatic heterocycles. The molecule has 0 bridgehead atoms. The minimum atomic E-state index is 0.936. The number of benzene rings is 2. The van der Waals surface area contributed by atoms with E-state index in [9.17, 15) is 0 Å². The van der Waals surface area contributed by atoms with E-state index < -0.39 is 0 Å². The Kier molecular flexibility index (Phi) is 1.31. The zero-order valence-electron chi connectivity index (χ0n) is 8.38. The highest BCUT2D eigenvalue weighted by Crippen LogP contribution is 2.21. The summed E-state index contributed by atoms with van der Waals surface area (Å²) in [6, 6.07) is 12.1. The first-order valence-corrected chi connectivity index (χ1v) is 5.16. The van der Waals surface area contributed by atoms with Gasteiger partial charge in [0.1, 0.15) is 0 Å². The number of para-hydroxylation sites is 1. The average molecular weight is 205 g/mol. The van der Waals surface area contributed by atoms with Crippen LogP contribution in [0.25, 0.3) is 6.20 Å². The molecule has 0 aliphatic carbocycles. The molecule has 0 N–H and O–H groups in total.